The van der Waals surface area contributed by atoms with Crippen LogP contribution >= 0.6 is 11.3 Å². The van der Waals surface area contributed by atoms with Crippen LogP contribution in [-0.4, -0.2) is 23.9 Å². The highest BCUT2D eigenvalue weighted by molar-refractivity contribution is 7.14. The fourth-order valence-corrected chi connectivity index (χ4v) is 2.68. The summed E-state index contributed by atoms with van der Waals surface area (Å²) in [6, 6.07) is 9.45. The van der Waals surface area contributed by atoms with Gasteiger partial charge in [-0.05, 0) is 26.0 Å². The standard InChI is InChI=1S/C15H16N2O3S/c1-3-20-15(19)13-10(2)21-12(14(13)18)9-16-17-11-7-5-4-6-8-11/h4-9,17-18H,3H2,1-2H3. The molecular weight excluding hydrogens is 288 g/mol. The van der Waals surface area contributed by atoms with Crippen molar-refractivity contribution in [2.24, 2.45) is 5.10 Å². The number of benzene rings is 1. The fraction of sp³-hybridized carbons (Fsp3) is 0.200. The van der Waals surface area contributed by atoms with Gasteiger partial charge in [0.05, 0.1) is 23.4 Å². The van der Waals surface area contributed by atoms with Gasteiger partial charge in [0.2, 0.25) is 0 Å². The Morgan fingerprint density at radius 3 is 2.81 bits per heavy atom. The summed E-state index contributed by atoms with van der Waals surface area (Å²) < 4.78 is 4.92. The van der Waals surface area contributed by atoms with Crippen LogP contribution in [0.1, 0.15) is 27.0 Å². The van der Waals surface area contributed by atoms with Crippen molar-refractivity contribution < 1.29 is 14.6 Å². The van der Waals surface area contributed by atoms with Gasteiger partial charge in [0.1, 0.15) is 11.3 Å². The van der Waals surface area contributed by atoms with Crippen LogP contribution in [0.2, 0.25) is 0 Å². The number of hydrogen-bond acceptors (Lipinski definition) is 6. The number of aryl methyl sites for hydroxylation is 1. The number of carbonyl (C=O) groups excluding carboxylic acids is 1. The predicted molar refractivity (Wildman–Crippen MR) is 84.3 cm³/mol. The molecule has 0 radical (unpaired) electrons. The van der Waals surface area contributed by atoms with Gasteiger partial charge >= 0.3 is 5.97 Å². The fourth-order valence-electron chi connectivity index (χ4n) is 1.76. The van der Waals surface area contributed by atoms with Gasteiger partial charge in [0.15, 0.2) is 0 Å². The van der Waals surface area contributed by atoms with Crippen LogP contribution in [0.25, 0.3) is 0 Å². The number of carbonyl (C=O) groups is 1. The predicted octanol–water partition coefficient (Wildman–Crippen LogP) is 3.38. The van der Waals surface area contributed by atoms with Crippen LogP contribution in [-0.2, 0) is 4.74 Å². The van der Waals surface area contributed by atoms with Crippen LogP contribution in [0.5, 0.6) is 5.75 Å². The van der Waals surface area contributed by atoms with E-state index < -0.39 is 5.97 Å². The number of aromatic hydroxyl groups is 1. The second-order valence-electron chi connectivity index (χ2n) is 4.20. The van der Waals surface area contributed by atoms with E-state index in [0.29, 0.717) is 9.75 Å². The zero-order valence-electron chi connectivity index (χ0n) is 11.8. The van der Waals surface area contributed by atoms with Crippen molar-refractivity contribution in [2.75, 3.05) is 12.0 Å². The topological polar surface area (TPSA) is 70.9 Å². The first-order valence-corrected chi connectivity index (χ1v) is 7.28. The van der Waals surface area contributed by atoms with Crippen LogP contribution in [0.3, 0.4) is 0 Å². The minimum Gasteiger partial charge on any atom is -0.505 e. The molecule has 0 saturated heterocycles. The Morgan fingerprint density at radius 1 is 1.43 bits per heavy atom. The lowest BCUT2D eigenvalue weighted by Gasteiger charge is -2.01. The second kappa shape index (κ2) is 6.90. The van der Waals surface area contributed by atoms with Gasteiger partial charge in [0.25, 0.3) is 0 Å². The molecule has 2 rings (SSSR count). The minimum atomic E-state index is -0.514. The van der Waals surface area contributed by atoms with E-state index in [-0.39, 0.29) is 17.9 Å². The number of rotatable bonds is 5. The number of para-hydroxylation sites is 1. The third-order valence-electron chi connectivity index (χ3n) is 2.71. The SMILES string of the molecule is CCOC(=O)c1c(C)sc(C=NNc2ccccc2)c1O. The molecule has 110 valence electrons. The van der Waals surface area contributed by atoms with E-state index in [0.717, 1.165) is 5.69 Å². The lowest BCUT2D eigenvalue weighted by Crippen LogP contribution is -2.04. The number of thiophene rings is 1. The van der Waals surface area contributed by atoms with Crippen molar-refractivity contribution in [3.63, 3.8) is 0 Å². The number of nitrogens with zero attached hydrogens (tertiary/aromatic N) is 1. The first-order chi connectivity index (χ1) is 10.1. The number of hydrogen-bond donors (Lipinski definition) is 2. The molecule has 0 bridgehead atoms. The van der Waals surface area contributed by atoms with Gasteiger partial charge in [-0.2, -0.15) is 5.10 Å². The molecule has 0 aliphatic heterocycles. The van der Waals surface area contributed by atoms with Crippen LogP contribution in [0, 0.1) is 6.92 Å². The summed E-state index contributed by atoms with van der Waals surface area (Å²) in [6.45, 7) is 3.76. The summed E-state index contributed by atoms with van der Waals surface area (Å²) >= 11 is 1.29. The molecule has 0 fully saturated rings. The van der Waals surface area contributed by atoms with E-state index in [2.05, 4.69) is 10.5 Å². The average molecular weight is 304 g/mol. The van der Waals surface area contributed by atoms with Gasteiger partial charge in [-0.15, -0.1) is 11.3 Å². The molecule has 0 saturated carbocycles. The third kappa shape index (κ3) is 3.61. The summed E-state index contributed by atoms with van der Waals surface area (Å²) in [5.41, 5.74) is 3.90. The molecule has 0 amide bonds. The summed E-state index contributed by atoms with van der Waals surface area (Å²) in [4.78, 5) is 13.0. The molecule has 0 aliphatic rings. The molecule has 2 N–H and O–H groups in total. The highest BCUT2D eigenvalue weighted by atomic mass is 32.1. The van der Waals surface area contributed by atoms with Crippen molar-refractivity contribution in [3.8, 4) is 5.75 Å². The first kappa shape index (κ1) is 15.1. The van der Waals surface area contributed by atoms with E-state index >= 15 is 0 Å². The normalized spacial score (nSPS) is 10.8. The van der Waals surface area contributed by atoms with Crippen molar-refractivity contribution >= 4 is 29.2 Å². The molecular formula is C15H16N2O3S. The van der Waals surface area contributed by atoms with Gasteiger partial charge in [-0.1, -0.05) is 18.2 Å². The lowest BCUT2D eigenvalue weighted by molar-refractivity contribution is 0.0523. The maximum Gasteiger partial charge on any atom is 0.343 e. The average Bonchev–Trinajstić information content (AvgIpc) is 2.75. The number of hydrazone groups is 1. The number of nitrogens with one attached hydrogen (secondary N) is 1. The van der Waals surface area contributed by atoms with Gasteiger partial charge in [-0.25, -0.2) is 4.79 Å². The van der Waals surface area contributed by atoms with Gasteiger partial charge in [-0.3, -0.25) is 5.43 Å². The number of esters is 1. The zero-order chi connectivity index (χ0) is 15.2. The maximum absolute atomic E-state index is 11.8. The number of ether oxygens (including phenoxy) is 1. The molecule has 1 heterocycles. The summed E-state index contributed by atoms with van der Waals surface area (Å²) in [6.07, 6.45) is 1.49. The lowest BCUT2D eigenvalue weighted by atomic mass is 10.2. The van der Waals surface area contributed by atoms with Gasteiger partial charge < -0.3 is 9.84 Å². The maximum atomic E-state index is 11.8. The first-order valence-electron chi connectivity index (χ1n) is 6.47. The Balaban J connectivity index is 2.14. The Labute approximate surface area is 126 Å². The molecule has 0 aliphatic carbocycles. The van der Waals surface area contributed by atoms with Crippen molar-refractivity contribution in [1.82, 2.24) is 0 Å². The Kier molecular flexibility index (Phi) is 4.94. The van der Waals surface area contributed by atoms with Crippen molar-refractivity contribution in [1.29, 1.82) is 0 Å². The van der Waals surface area contributed by atoms with E-state index in [4.69, 9.17) is 4.74 Å². The van der Waals surface area contributed by atoms with Gasteiger partial charge in [0, 0.05) is 4.88 Å². The molecule has 0 unspecified atom stereocenters. The van der Waals surface area contributed by atoms with E-state index in [1.54, 1.807) is 13.8 Å². The second-order valence-corrected chi connectivity index (χ2v) is 5.46. The molecule has 0 spiro atoms. The molecule has 6 heteroatoms. The molecule has 21 heavy (non-hydrogen) atoms. The molecule has 1 aromatic heterocycles. The van der Waals surface area contributed by atoms with Crippen LogP contribution in [0.15, 0.2) is 35.4 Å². The summed E-state index contributed by atoms with van der Waals surface area (Å²) in [5.74, 6) is -0.603. The summed E-state index contributed by atoms with van der Waals surface area (Å²) in [5, 5.41) is 14.2. The quantitative estimate of drug-likeness (QED) is 0.504. The Morgan fingerprint density at radius 2 is 2.14 bits per heavy atom. The van der Waals surface area contributed by atoms with Crippen LogP contribution in [0.4, 0.5) is 5.69 Å². The van der Waals surface area contributed by atoms with E-state index in [1.165, 1.54) is 17.6 Å². The van der Waals surface area contributed by atoms with Crippen LogP contribution < -0.4 is 5.43 Å². The minimum absolute atomic E-state index is 0.0884. The monoisotopic (exact) mass is 304 g/mol. The molecule has 1 aromatic carbocycles. The Bertz CT molecular complexity index is 650. The van der Waals surface area contributed by atoms with E-state index in [1.807, 2.05) is 30.3 Å². The van der Waals surface area contributed by atoms with Crippen molar-refractivity contribution in [3.05, 3.63) is 45.6 Å². The summed E-state index contributed by atoms with van der Waals surface area (Å²) in [7, 11) is 0. The highest BCUT2D eigenvalue weighted by Gasteiger charge is 2.21. The largest absolute Gasteiger partial charge is 0.505 e. The molecule has 2 aromatic rings. The molecule has 0 atom stereocenters. The van der Waals surface area contributed by atoms with E-state index in [9.17, 15) is 9.90 Å². The highest BCUT2D eigenvalue weighted by Crippen LogP contribution is 2.33. The third-order valence-corrected chi connectivity index (χ3v) is 3.74. The van der Waals surface area contributed by atoms with Crippen molar-refractivity contribution in [2.45, 2.75) is 13.8 Å². The Hall–Kier alpha value is -2.34. The number of anilines is 1. The smallest absolute Gasteiger partial charge is 0.343 e. The molecule has 5 nitrogen and oxygen atoms in total. The zero-order valence-corrected chi connectivity index (χ0v) is 12.6.